The van der Waals surface area contributed by atoms with E-state index in [2.05, 4.69) is 9.72 Å². The van der Waals surface area contributed by atoms with Crippen molar-refractivity contribution in [2.24, 2.45) is 0 Å². The lowest BCUT2D eigenvalue weighted by Gasteiger charge is -2.04. The SMILES string of the molecule is O=C(OCP(=O)(O)O)c1ccccn1. The highest BCUT2D eigenvalue weighted by atomic mass is 31.2. The van der Waals surface area contributed by atoms with Crippen LogP contribution in [0.1, 0.15) is 10.5 Å². The van der Waals surface area contributed by atoms with Crippen LogP contribution in [0.15, 0.2) is 24.4 Å². The third-order valence-electron chi connectivity index (χ3n) is 1.24. The molecular formula is C7H8NO5P. The second-order valence-electron chi connectivity index (χ2n) is 2.44. The van der Waals surface area contributed by atoms with E-state index in [1.807, 2.05) is 0 Å². The molecule has 1 heterocycles. The number of pyridine rings is 1. The van der Waals surface area contributed by atoms with Gasteiger partial charge in [0.2, 0.25) is 0 Å². The molecule has 0 fully saturated rings. The Morgan fingerprint density at radius 3 is 2.71 bits per heavy atom. The number of carbonyl (C=O) groups excluding carboxylic acids is 1. The number of hydrogen-bond acceptors (Lipinski definition) is 4. The van der Waals surface area contributed by atoms with Crippen LogP contribution < -0.4 is 0 Å². The quantitative estimate of drug-likeness (QED) is 0.560. The van der Waals surface area contributed by atoms with Gasteiger partial charge in [0.1, 0.15) is 5.69 Å². The Hall–Kier alpha value is -1.23. The summed E-state index contributed by atoms with van der Waals surface area (Å²) in [5.74, 6) is -0.853. The Bertz CT molecular complexity index is 360. The zero-order valence-corrected chi connectivity index (χ0v) is 7.92. The molecule has 1 aromatic rings. The number of esters is 1. The predicted molar refractivity (Wildman–Crippen MR) is 46.6 cm³/mol. The summed E-state index contributed by atoms with van der Waals surface area (Å²) < 4.78 is 14.7. The molecular weight excluding hydrogens is 209 g/mol. The number of ether oxygens (including phenoxy) is 1. The third-order valence-corrected chi connectivity index (χ3v) is 1.70. The highest BCUT2D eigenvalue weighted by Crippen LogP contribution is 2.34. The standard InChI is InChI=1S/C7H8NO5P/c9-7(13-5-14(10,11)12)6-3-1-2-4-8-6/h1-4H,5H2,(H2,10,11,12). The minimum Gasteiger partial charge on any atom is -0.448 e. The van der Waals surface area contributed by atoms with Gasteiger partial charge in [-0.2, -0.15) is 0 Å². The summed E-state index contributed by atoms with van der Waals surface area (Å²) >= 11 is 0. The third kappa shape index (κ3) is 3.66. The topological polar surface area (TPSA) is 96.7 Å². The summed E-state index contributed by atoms with van der Waals surface area (Å²) in [6.45, 7) is 0. The van der Waals surface area contributed by atoms with E-state index in [1.54, 1.807) is 12.1 Å². The highest BCUT2D eigenvalue weighted by Gasteiger charge is 2.17. The van der Waals surface area contributed by atoms with Gasteiger partial charge in [0.15, 0.2) is 6.35 Å². The number of aromatic nitrogens is 1. The van der Waals surface area contributed by atoms with Crippen LogP contribution in [0.3, 0.4) is 0 Å². The van der Waals surface area contributed by atoms with Crippen molar-refractivity contribution >= 4 is 13.6 Å². The molecule has 0 atom stereocenters. The lowest BCUT2D eigenvalue weighted by molar-refractivity contribution is 0.0543. The molecule has 0 saturated carbocycles. The van der Waals surface area contributed by atoms with E-state index in [0.29, 0.717) is 0 Å². The smallest absolute Gasteiger partial charge is 0.362 e. The minimum absolute atomic E-state index is 0.0148. The van der Waals surface area contributed by atoms with Crippen molar-refractivity contribution in [2.45, 2.75) is 0 Å². The van der Waals surface area contributed by atoms with E-state index in [-0.39, 0.29) is 5.69 Å². The molecule has 0 unspecified atom stereocenters. The fraction of sp³-hybridized carbons (Fsp3) is 0.143. The first-order valence-corrected chi connectivity index (χ1v) is 5.41. The van der Waals surface area contributed by atoms with Gasteiger partial charge >= 0.3 is 13.6 Å². The molecule has 1 rings (SSSR count). The van der Waals surface area contributed by atoms with Crippen LogP contribution in [0.25, 0.3) is 0 Å². The zero-order valence-electron chi connectivity index (χ0n) is 7.03. The van der Waals surface area contributed by atoms with Gasteiger partial charge in [0.25, 0.3) is 0 Å². The molecule has 0 aliphatic carbocycles. The molecule has 0 bridgehead atoms. The molecule has 1 aromatic heterocycles. The average molecular weight is 217 g/mol. The number of carbonyl (C=O) groups is 1. The van der Waals surface area contributed by atoms with Crippen molar-refractivity contribution < 1.29 is 23.9 Å². The molecule has 76 valence electrons. The van der Waals surface area contributed by atoms with Crippen LogP contribution >= 0.6 is 7.60 Å². The maximum Gasteiger partial charge on any atom is 0.362 e. The molecule has 7 heteroatoms. The van der Waals surface area contributed by atoms with Gasteiger partial charge in [-0.1, -0.05) is 6.07 Å². The Morgan fingerprint density at radius 2 is 2.21 bits per heavy atom. The largest absolute Gasteiger partial charge is 0.448 e. The molecule has 0 radical (unpaired) electrons. The summed E-state index contributed by atoms with van der Waals surface area (Å²) in [6, 6.07) is 4.57. The van der Waals surface area contributed by atoms with Crippen LogP contribution in [-0.2, 0) is 9.30 Å². The highest BCUT2D eigenvalue weighted by molar-refractivity contribution is 7.51. The molecule has 0 saturated heterocycles. The van der Waals surface area contributed by atoms with Crippen LogP contribution in [0.2, 0.25) is 0 Å². The summed E-state index contributed by atoms with van der Waals surface area (Å²) in [5.41, 5.74) is 0.0148. The van der Waals surface area contributed by atoms with Crippen molar-refractivity contribution in [1.29, 1.82) is 0 Å². The fourth-order valence-corrected chi connectivity index (χ4v) is 0.986. The molecule has 6 nitrogen and oxygen atoms in total. The van der Waals surface area contributed by atoms with Crippen LogP contribution in [0, 0.1) is 0 Å². The van der Waals surface area contributed by atoms with Crippen molar-refractivity contribution in [1.82, 2.24) is 4.98 Å². The van der Waals surface area contributed by atoms with Gasteiger partial charge in [0.05, 0.1) is 0 Å². The lowest BCUT2D eigenvalue weighted by atomic mass is 10.4. The first-order valence-electron chi connectivity index (χ1n) is 3.62. The maximum atomic E-state index is 11.1. The van der Waals surface area contributed by atoms with Gasteiger partial charge in [-0.3, -0.25) is 4.57 Å². The van der Waals surface area contributed by atoms with Crippen molar-refractivity contribution in [2.75, 3.05) is 6.35 Å². The van der Waals surface area contributed by atoms with Crippen molar-refractivity contribution in [3.63, 3.8) is 0 Å². The second kappa shape index (κ2) is 4.32. The first-order chi connectivity index (χ1) is 6.49. The van der Waals surface area contributed by atoms with Crippen molar-refractivity contribution in [3.8, 4) is 0 Å². The summed E-state index contributed by atoms with van der Waals surface area (Å²) in [6.07, 6.45) is 0.455. The lowest BCUT2D eigenvalue weighted by Crippen LogP contribution is -2.08. The fourth-order valence-electron chi connectivity index (χ4n) is 0.700. The molecule has 0 spiro atoms. The molecule has 0 aliphatic rings. The Morgan fingerprint density at radius 1 is 1.50 bits per heavy atom. The van der Waals surface area contributed by atoms with E-state index in [1.165, 1.54) is 12.3 Å². The average Bonchev–Trinajstić information content (AvgIpc) is 2.14. The van der Waals surface area contributed by atoms with Crippen LogP contribution in [0.5, 0.6) is 0 Å². The predicted octanol–water partition coefficient (Wildman–Crippen LogP) is 0.374. The van der Waals surface area contributed by atoms with E-state index in [0.717, 1.165) is 0 Å². The summed E-state index contributed by atoms with van der Waals surface area (Å²) in [7, 11) is -4.31. The molecule has 14 heavy (non-hydrogen) atoms. The van der Waals surface area contributed by atoms with E-state index >= 15 is 0 Å². The van der Waals surface area contributed by atoms with Crippen LogP contribution in [-0.4, -0.2) is 27.1 Å². The summed E-state index contributed by atoms with van der Waals surface area (Å²) in [4.78, 5) is 31.6. The van der Waals surface area contributed by atoms with Crippen molar-refractivity contribution in [3.05, 3.63) is 30.1 Å². The minimum atomic E-state index is -4.31. The number of nitrogens with zero attached hydrogens (tertiary/aromatic N) is 1. The monoisotopic (exact) mass is 217 g/mol. The molecule has 2 N–H and O–H groups in total. The Kier molecular flexibility index (Phi) is 3.35. The number of rotatable bonds is 3. The number of hydrogen-bond donors (Lipinski definition) is 2. The zero-order chi connectivity index (χ0) is 10.6. The molecule has 0 amide bonds. The van der Waals surface area contributed by atoms with Gasteiger partial charge in [-0.15, -0.1) is 0 Å². The van der Waals surface area contributed by atoms with E-state index in [9.17, 15) is 9.36 Å². The van der Waals surface area contributed by atoms with Gasteiger partial charge in [0, 0.05) is 6.20 Å². The second-order valence-corrected chi connectivity index (χ2v) is 4.03. The molecule has 0 aromatic carbocycles. The Labute approximate surface area is 79.7 Å². The van der Waals surface area contributed by atoms with Crippen LogP contribution in [0.4, 0.5) is 0 Å². The van der Waals surface area contributed by atoms with Gasteiger partial charge < -0.3 is 14.5 Å². The van der Waals surface area contributed by atoms with E-state index < -0.39 is 19.9 Å². The first kappa shape index (κ1) is 10.8. The van der Waals surface area contributed by atoms with E-state index in [4.69, 9.17) is 9.79 Å². The normalized spacial score (nSPS) is 11.0. The summed E-state index contributed by atoms with van der Waals surface area (Å²) in [5, 5.41) is 0. The maximum absolute atomic E-state index is 11.1. The van der Waals surface area contributed by atoms with Gasteiger partial charge in [-0.25, -0.2) is 9.78 Å². The molecule has 0 aliphatic heterocycles. The Balaban J connectivity index is 2.57. The van der Waals surface area contributed by atoms with Gasteiger partial charge in [-0.05, 0) is 12.1 Å².